The Balaban J connectivity index is 1.35. The predicted octanol–water partition coefficient (Wildman–Crippen LogP) is 5.57. The average Bonchev–Trinajstić information content (AvgIpc) is 3.26. The molecule has 2 aliphatic heterocycles. The number of ether oxygens (including phenoxy) is 1. The molecule has 2 aliphatic rings. The van der Waals surface area contributed by atoms with E-state index in [4.69, 9.17) is 10.1 Å². The van der Waals surface area contributed by atoms with E-state index >= 15 is 0 Å². The standard InChI is InChI=1S/C26H19N3O2S/c27-24-22(15-18-11-13-21(14-12-18)31-16-19-7-3-1-4-8-19)25(30)28-26-29(24)23(17-32-26)20-9-5-2-6-10-20/h1-15,17,27H,16H2/b22-15+,27-24?. The van der Waals surface area contributed by atoms with Gasteiger partial charge < -0.3 is 4.74 Å². The molecule has 0 aromatic heterocycles. The number of carbonyl (C=O) groups is 1. The topological polar surface area (TPSA) is 65.8 Å². The second-order valence-electron chi connectivity index (χ2n) is 7.27. The lowest BCUT2D eigenvalue weighted by Crippen LogP contribution is -2.37. The van der Waals surface area contributed by atoms with Gasteiger partial charge in [0, 0.05) is 5.41 Å². The molecule has 2 heterocycles. The number of amidine groups is 2. The van der Waals surface area contributed by atoms with Crippen LogP contribution in [0.3, 0.4) is 0 Å². The van der Waals surface area contributed by atoms with Crippen LogP contribution in [0, 0.1) is 5.41 Å². The SMILES string of the molecule is N=C1/C(=C\c2ccc(OCc3ccccc3)cc2)C(=O)N=C2SC=C(c3ccccc3)N12. The third-order valence-corrected chi connectivity index (χ3v) is 5.95. The van der Waals surface area contributed by atoms with Crippen molar-refractivity contribution in [1.82, 2.24) is 4.90 Å². The summed E-state index contributed by atoms with van der Waals surface area (Å²) < 4.78 is 5.83. The van der Waals surface area contributed by atoms with E-state index in [-0.39, 0.29) is 11.4 Å². The summed E-state index contributed by atoms with van der Waals surface area (Å²) in [7, 11) is 0. The highest BCUT2D eigenvalue weighted by atomic mass is 32.2. The van der Waals surface area contributed by atoms with Crippen LogP contribution in [0.5, 0.6) is 5.75 Å². The number of hydrogen-bond acceptors (Lipinski definition) is 4. The van der Waals surface area contributed by atoms with Gasteiger partial charge in [0.05, 0.1) is 11.3 Å². The molecule has 0 saturated carbocycles. The van der Waals surface area contributed by atoms with E-state index in [9.17, 15) is 4.79 Å². The molecule has 3 aromatic rings. The smallest absolute Gasteiger partial charge is 0.283 e. The molecular weight excluding hydrogens is 418 g/mol. The number of carbonyl (C=O) groups excluding carboxylic acids is 1. The van der Waals surface area contributed by atoms with Crippen molar-refractivity contribution in [2.75, 3.05) is 0 Å². The van der Waals surface area contributed by atoms with Crippen molar-refractivity contribution in [1.29, 1.82) is 5.41 Å². The van der Waals surface area contributed by atoms with Gasteiger partial charge in [-0.15, -0.1) is 0 Å². The van der Waals surface area contributed by atoms with Crippen molar-refractivity contribution >= 4 is 40.4 Å². The third-order valence-electron chi connectivity index (χ3n) is 5.12. The number of nitrogens with one attached hydrogen (secondary N) is 1. The molecule has 6 heteroatoms. The minimum absolute atomic E-state index is 0.129. The first kappa shape index (κ1) is 20.0. The lowest BCUT2D eigenvalue weighted by atomic mass is 10.1. The number of amides is 1. The number of nitrogens with zero attached hydrogens (tertiary/aromatic N) is 2. The Hall–Kier alpha value is -3.90. The van der Waals surface area contributed by atoms with Gasteiger partial charge in [-0.2, -0.15) is 4.99 Å². The predicted molar refractivity (Wildman–Crippen MR) is 129 cm³/mol. The minimum Gasteiger partial charge on any atom is -0.489 e. The second-order valence-corrected chi connectivity index (χ2v) is 8.11. The van der Waals surface area contributed by atoms with Crippen LogP contribution in [-0.2, 0) is 11.4 Å². The average molecular weight is 438 g/mol. The van der Waals surface area contributed by atoms with Gasteiger partial charge in [-0.3, -0.25) is 15.1 Å². The van der Waals surface area contributed by atoms with Crippen molar-refractivity contribution in [3.8, 4) is 5.75 Å². The molecular formula is C26H19N3O2S. The summed E-state index contributed by atoms with van der Waals surface area (Å²) in [5.74, 6) is 0.469. The van der Waals surface area contributed by atoms with Crippen LogP contribution in [-0.4, -0.2) is 21.8 Å². The molecule has 0 spiro atoms. The van der Waals surface area contributed by atoms with E-state index in [1.54, 1.807) is 11.0 Å². The van der Waals surface area contributed by atoms with E-state index in [0.29, 0.717) is 11.8 Å². The van der Waals surface area contributed by atoms with Crippen LogP contribution in [0.1, 0.15) is 16.7 Å². The molecule has 0 saturated heterocycles. The van der Waals surface area contributed by atoms with Crippen LogP contribution in [0.4, 0.5) is 0 Å². The second kappa shape index (κ2) is 8.69. The van der Waals surface area contributed by atoms with Gasteiger partial charge in [0.1, 0.15) is 18.2 Å². The largest absolute Gasteiger partial charge is 0.489 e. The zero-order valence-electron chi connectivity index (χ0n) is 17.1. The molecule has 0 fully saturated rings. The van der Waals surface area contributed by atoms with Crippen LogP contribution < -0.4 is 4.74 Å². The van der Waals surface area contributed by atoms with Crippen LogP contribution >= 0.6 is 11.8 Å². The summed E-state index contributed by atoms with van der Waals surface area (Å²) >= 11 is 1.36. The van der Waals surface area contributed by atoms with Crippen molar-refractivity contribution in [3.05, 3.63) is 113 Å². The third kappa shape index (κ3) is 4.00. The first-order valence-corrected chi connectivity index (χ1v) is 11.0. The highest BCUT2D eigenvalue weighted by molar-refractivity contribution is 8.17. The van der Waals surface area contributed by atoms with E-state index in [1.807, 2.05) is 90.3 Å². The summed E-state index contributed by atoms with van der Waals surface area (Å²) in [5, 5.41) is 11.2. The number of aliphatic imine (C=N–C) groups is 1. The molecule has 0 atom stereocenters. The first-order chi connectivity index (χ1) is 15.7. The van der Waals surface area contributed by atoms with Gasteiger partial charge in [-0.05, 0) is 34.9 Å². The number of rotatable bonds is 5. The molecule has 0 aliphatic carbocycles. The van der Waals surface area contributed by atoms with E-state index in [1.165, 1.54) is 11.8 Å². The van der Waals surface area contributed by atoms with E-state index < -0.39 is 5.91 Å². The molecule has 0 unspecified atom stereocenters. The van der Waals surface area contributed by atoms with Gasteiger partial charge in [-0.1, -0.05) is 84.6 Å². The monoisotopic (exact) mass is 437 g/mol. The van der Waals surface area contributed by atoms with Crippen LogP contribution in [0.25, 0.3) is 11.8 Å². The lowest BCUT2D eigenvalue weighted by molar-refractivity contribution is -0.114. The Kier molecular flexibility index (Phi) is 5.44. The maximum atomic E-state index is 12.6. The Morgan fingerprint density at radius 1 is 0.938 bits per heavy atom. The first-order valence-electron chi connectivity index (χ1n) is 10.1. The summed E-state index contributed by atoms with van der Waals surface area (Å²) in [6.45, 7) is 0.489. The number of fused-ring (bicyclic) bond motifs is 1. The highest BCUT2D eigenvalue weighted by Crippen LogP contribution is 2.37. The molecule has 0 bridgehead atoms. The highest BCUT2D eigenvalue weighted by Gasteiger charge is 2.36. The fourth-order valence-electron chi connectivity index (χ4n) is 3.48. The van der Waals surface area contributed by atoms with E-state index in [0.717, 1.165) is 28.1 Å². The zero-order chi connectivity index (χ0) is 21.9. The number of hydrogen-bond donors (Lipinski definition) is 1. The molecule has 1 N–H and O–H groups in total. The maximum absolute atomic E-state index is 12.6. The lowest BCUT2D eigenvalue weighted by Gasteiger charge is -2.26. The van der Waals surface area contributed by atoms with Crippen molar-refractivity contribution < 1.29 is 9.53 Å². The van der Waals surface area contributed by atoms with Gasteiger partial charge in [0.2, 0.25) is 0 Å². The molecule has 5 nitrogen and oxygen atoms in total. The molecule has 0 radical (unpaired) electrons. The fraction of sp³-hybridized carbons (Fsp3) is 0.0385. The van der Waals surface area contributed by atoms with Gasteiger partial charge in [0.25, 0.3) is 5.91 Å². The molecule has 5 rings (SSSR count). The van der Waals surface area contributed by atoms with Gasteiger partial charge in [0.15, 0.2) is 5.17 Å². The van der Waals surface area contributed by atoms with Crippen LogP contribution in [0.2, 0.25) is 0 Å². The van der Waals surface area contributed by atoms with E-state index in [2.05, 4.69) is 4.99 Å². The quantitative estimate of drug-likeness (QED) is 0.530. The van der Waals surface area contributed by atoms with Crippen molar-refractivity contribution in [2.45, 2.75) is 6.61 Å². The molecule has 3 aromatic carbocycles. The number of thioether (sulfide) groups is 1. The summed E-state index contributed by atoms with van der Waals surface area (Å²) in [6.07, 6.45) is 1.71. The Bertz CT molecular complexity index is 1260. The Labute approximate surface area is 190 Å². The summed E-state index contributed by atoms with van der Waals surface area (Å²) in [4.78, 5) is 18.6. The molecule has 156 valence electrons. The normalized spacial score (nSPS) is 16.6. The Morgan fingerprint density at radius 2 is 1.62 bits per heavy atom. The Morgan fingerprint density at radius 3 is 2.34 bits per heavy atom. The van der Waals surface area contributed by atoms with Gasteiger partial charge >= 0.3 is 0 Å². The fourth-order valence-corrected chi connectivity index (χ4v) is 4.37. The number of benzene rings is 3. The van der Waals surface area contributed by atoms with Crippen molar-refractivity contribution in [2.24, 2.45) is 4.99 Å². The van der Waals surface area contributed by atoms with Gasteiger partial charge in [-0.25, -0.2) is 0 Å². The maximum Gasteiger partial charge on any atom is 0.283 e. The molecule has 1 amide bonds. The summed E-state index contributed by atoms with van der Waals surface area (Å²) in [6, 6.07) is 27.3. The molecule has 32 heavy (non-hydrogen) atoms. The minimum atomic E-state index is -0.402. The summed E-state index contributed by atoms with van der Waals surface area (Å²) in [5.41, 5.74) is 3.99. The zero-order valence-corrected chi connectivity index (χ0v) is 17.9. The van der Waals surface area contributed by atoms with Crippen molar-refractivity contribution in [3.63, 3.8) is 0 Å². The van der Waals surface area contributed by atoms with Crippen LogP contribution in [0.15, 0.2) is 101 Å².